The molecule has 2 aliphatic rings. The van der Waals surface area contributed by atoms with Crippen molar-refractivity contribution in [3.63, 3.8) is 0 Å². The Morgan fingerprint density at radius 3 is 2.43 bits per heavy atom. The van der Waals surface area contributed by atoms with E-state index in [-0.39, 0.29) is 36.7 Å². The van der Waals surface area contributed by atoms with Crippen LogP contribution < -0.4 is 16.1 Å². The lowest BCUT2D eigenvalue weighted by Gasteiger charge is -2.35. The number of nitrogens with zero attached hydrogens (tertiary/aromatic N) is 1. The van der Waals surface area contributed by atoms with E-state index < -0.39 is 28.4 Å². The van der Waals surface area contributed by atoms with Crippen molar-refractivity contribution in [2.45, 2.75) is 94.6 Å². The minimum absolute atomic E-state index is 0.0300. The summed E-state index contributed by atoms with van der Waals surface area (Å²) in [7, 11) is 0. The van der Waals surface area contributed by atoms with E-state index >= 15 is 0 Å². The Morgan fingerprint density at radius 2 is 1.80 bits per heavy atom. The molecule has 3 atom stereocenters. The highest BCUT2D eigenvalue weighted by Gasteiger charge is 2.35. The fourth-order valence-electron chi connectivity index (χ4n) is 4.33. The molecular weight excluding hydrogens is 495 g/mol. The third-order valence-electron chi connectivity index (χ3n) is 6.19. The molecule has 2 fully saturated rings. The predicted octanol–water partition coefficient (Wildman–Crippen LogP) is 2.75. The molecule has 3 N–H and O–H groups in total. The van der Waals surface area contributed by atoms with Crippen LogP contribution >= 0.6 is 23.2 Å². The van der Waals surface area contributed by atoms with Crippen LogP contribution in [0.4, 0.5) is 0 Å². The number of alkyl halides is 2. The van der Waals surface area contributed by atoms with E-state index in [1.165, 1.54) is 11.9 Å². The van der Waals surface area contributed by atoms with Gasteiger partial charge in [0.2, 0.25) is 11.8 Å². The monoisotopic (exact) mass is 532 g/mol. The molecular formula is C24H38Cl2N4O5. The first-order chi connectivity index (χ1) is 16.5. The van der Waals surface area contributed by atoms with E-state index in [0.29, 0.717) is 19.4 Å². The SMILES string of the molecule is C/C=C/CC(=O)N[C@H](C(=O)N[C@@H](C)C(=O)N1CCC[C@@H](C(=O)OCC(C)(Cl)Cl)N1)C1CCCCC1. The maximum absolute atomic E-state index is 13.2. The zero-order valence-corrected chi connectivity index (χ0v) is 22.3. The Labute approximate surface area is 217 Å². The molecule has 1 aliphatic heterocycles. The largest absolute Gasteiger partial charge is 0.461 e. The fourth-order valence-corrected chi connectivity index (χ4v) is 4.44. The summed E-state index contributed by atoms with van der Waals surface area (Å²) in [5.41, 5.74) is 2.89. The Morgan fingerprint density at radius 1 is 1.11 bits per heavy atom. The molecule has 1 heterocycles. The predicted molar refractivity (Wildman–Crippen MR) is 134 cm³/mol. The van der Waals surface area contributed by atoms with Gasteiger partial charge in [0.25, 0.3) is 5.91 Å². The molecule has 0 radical (unpaired) electrons. The summed E-state index contributed by atoms with van der Waals surface area (Å²) in [6, 6.07) is -2.26. The number of hydrogen-bond donors (Lipinski definition) is 3. The van der Waals surface area contributed by atoms with E-state index in [4.69, 9.17) is 27.9 Å². The van der Waals surface area contributed by atoms with Gasteiger partial charge in [-0.15, -0.1) is 0 Å². The number of carbonyl (C=O) groups excluding carboxylic acids is 4. The van der Waals surface area contributed by atoms with Gasteiger partial charge in [-0.25, -0.2) is 5.43 Å². The summed E-state index contributed by atoms with van der Waals surface area (Å²) < 4.78 is 3.95. The smallest absolute Gasteiger partial charge is 0.325 e. The number of carbonyl (C=O) groups is 4. The topological polar surface area (TPSA) is 117 Å². The molecule has 0 spiro atoms. The Hall–Kier alpha value is -1.84. The molecule has 0 aromatic carbocycles. The van der Waals surface area contributed by atoms with Crippen molar-refractivity contribution in [1.29, 1.82) is 0 Å². The Balaban J connectivity index is 1.97. The third kappa shape index (κ3) is 9.97. The number of hydrazine groups is 1. The van der Waals surface area contributed by atoms with Crippen molar-refractivity contribution < 1.29 is 23.9 Å². The maximum atomic E-state index is 13.2. The highest BCUT2D eigenvalue weighted by Crippen LogP contribution is 2.27. The van der Waals surface area contributed by atoms with E-state index in [1.54, 1.807) is 19.1 Å². The molecule has 0 aromatic heterocycles. The van der Waals surface area contributed by atoms with Gasteiger partial charge in [0.15, 0.2) is 0 Å². The van der Waals surface area contributed by atoms with E-state index in [2.05, 4.69) is 16.1 Å². The minimum Gasteiger partial charge on any atom is -0.461 e. The summed E-state index contributed by atoms with van der Waals surface area (Å²) >= 11 is 11.7. The highest BCUT2D eigenvalue weighted by atomic mass is 35.5. The summed E-state index contributed by atoms with van der Waals surface area (Å²) in [6.45, 7) is 5.16. The van der Waals surface area contributed by atoms with E-state index in [0.717, 1.165) is 32.1 Å². The number of esters is 1. The van der Waals surface area contributed by atoms with Crippen LogP contribution in [0.3, 0.4) is 0 Å². The molecule has 1 saturated heterocycles. The minimum atomic E-state index is -1.20. The molecule has 0 aromatic rings. The number of halogens is 2. The van der Waals surface area contributed by atoms with Crippen molar-refractivity contribution >= 4 is 46.9 Å². The molecule has 0 unspecified atom stereocenters. The van der Waals surface area contributed by atoms with Crippen molar-refractivity contribution in [2.24, 2.45) is 5.92 Å². The van der Waals surface area contributed by atoms with Gasteiger partial charge in [-0.1, -0.05) is 54.6 Å². The molecule has 3 amide bonds. The van der Waals surface area contributed by atoms with Crippen molar-refractivity contribution in [3.05, 3.63) is 12.2 Å². The lowest BCUT2D eigenvalue weighted by Crippen LogP contribution is -2.61. The lowest BCUT2D eigenvalue weighted by molar-refractivity contribution is -0.153. The standard InChI is InChI=1S/C24H38Cl2N4O5/c1-4-5-13-19(31)28-20(17-10-7-6-8-11-17)21(32)27-16(2)22(33)30-14-9-12-18(29-30)23(34)35-15-24(3,25)26/h4-5,16-18,20,29H,6-15H2,1-3H3,(H,27,32)(H,28,31)/b5-4+/t16-,18-,20-/m0/s1. The second-order valence-corrected chi connectivity index (χ2v) is 11.3. The average molecular weight is 533 g/mol. The molecule has 0 bridgehead atoms. The summed E-state index contributed by atoms with van der Waals surface area (Å²) in [5.74, 6) is -1.49. The second kappa shape index (κ2) is 14.0. The first-order valence-corrected chi connectivity index (χ1v) is 13.1. The van der Waals surface area contributed by atoms with Crippen LogP contribution in [0.25, 0.3) is 0 Å². The zero-order chi connectivity index (χ0) is 26.0. The average Bonchev–Trinajstić information content (AvgIpc) is 2.84. The van der Waals surface area contributed by atoms with Crippen LogP contribution in [0.15, 0.2) is 12.2 Å². The van der Waals surface area contributed by atoms with Crippen LogP contribution in [0, 0.1) is 5.92 Å². The van der Waals surface area contributed by atoms with Crippen molar-refractivity contribution in [3.8, 4) is 0 Å². The number of nitrogens with one attached hydrogen (secondary N) is 3. The Kier molecular flexibility index (Phi) is 11.8. The van der Waals surface area contributed by atoms with Crippen LogP contribution in [0.5, 0.6) is 0 Å². The van der Waals surface area contributed by atoms with Gasteiger partial charge in [0.1, 0.15) is 29.1 Å². The van der Waals surface area contributed by atoms with Gasteiger partial charge >= 0.3 is 5.97 Å². The number of ether oxygens (including phenoxy) is 1. The van der Waals surface area contributed by atoms with Crippen LogP contribution in [0.1, 0.15) is 72.1 Å². The van der Waals surface area contributed by atoms with Gasteiger partial charge in [-0.2, -0.15) is 0 Å². The number of hydrogen-bond acceptors (Lipinski definition) is 6. The molecule has 9 nitrogen and oxygen atoms in total. The second-order valence-electron chi connectivity index (χ2n) is 9.44. The van der Waals surface area contributed by atoms with E-state index in [1.807, 2.05) is 6.92 Å². The van der Waals surface area contributed by atoms with Crippen molar-refractivity contribution in [1.82, 2.24) is 21.1 Å². The van der Waals surface area contributed by atoms with Crippen LogP contribution in [-0.2, 0) is 23.9 Å². The third-order valence-corrected chi connectivity index (χ3v) is 6.41. The van der Waals surface area contributed by atoms with Crippen LogP contribution in [-0.4, -0.2) is 64.3 Å². The molecule has 198 valence electrons. The quantitative estimate of drug-likeness (QED) is 0.226. The highest BCUT2D eigenvalue weighted by molar-refractivity contribution is 6.48. The first kappa shape index (κ1) is 29.4. The number of rotatable bonds is 10. The zero-order valence-electron chi connectivity index (χ0n) is 20.8. The first-order valence-electron chi connectivity index (χ1n) is 12.3. The summed E-state index contributed by atoms with van der Waals surface area (Å²) in [4.78, 5) is 50.9. The molecule has 1 saturated carbocycles. The number of allylic oxidation sites excluding steroid dienone is 1. The molecule has 1 aliphatic carbocycles. The van der Waals surface area contributed by atoms with Crippen LogP contribution in [0.2, 0.25) is 0 Å². The van der Waals surface area contributed by atoms with Gasteiger partial charge in [0.05, 0.1) is 0 Å². The molecule has 2 rings (SSSR count). The van der Waals surface area contributed by atoms with Gasteiger partial charge in [0, 0.05) is 13.0 Å². The van der Waals surface area contributed by atoms with Gasteiger partial charge in [-0.05, 0) is 52.4 Å². The van der Waals surface area contributed by atoms with E-state index in [9.17, 15) is 19.2 Å². The summed E-state index contributed by atoms with van der Waals surface area (Å²) in [6.07, 6.45) is 9.64. The number of amides is 3. The summed E-state index contributed by atoms with van der Waals surface area (Å²) in [5, 5.41) is 6.97. The maximum Gasteiger partial charge on any atom is 0.325 e. The van der Waals surface area contributed by atoms with Gasteiger partial charge in [-0.3, -0.25) is 24.2 Å². The van der Waals surface area contributed by atoms with Crippen molar-refractivity contribution in [2.75, 3.05) is 13.2 Å². The lowest BCUT2D eigenvalue weighted by atomic mass is 9.83. The normalized spacial score (nSPS) is 21.3. The molecule has 11 heteroatoms. The fraction of sp³-hybridized carbons (Fsp3) is 0.750. The van der Waals surface area contributed by atoms with Gasteiger partial charge < -0.3 is 15.4 Å². The molecule has 35 heavy (non-hydrogen) atoms. The Bertz CT molecular complexity index is 780.